The Morgan fingerprint density at radius 1 is 1.37 bits per heavy atom. The number of ether oxygens (including phenoxy) is 2. The first-order chi connectivity index (χ1) is 9.13. The highest BCUT2D eigenvalue weighted by Gasteiger charge is 2.00. The van der Waals surface area contributed by atoms with E-state index in [1.807, 2.05) is 13.8 Å². The Labute approximate surface area is 113 Å². The van der Waals surface area contributed by atoms with E-state index in [4.69, 9.17) is 9.47 Å². The van der Waals surface area contributed by atoms with E-state index < -0.39 is 0 Å². The van der Waals surface area contributed by atoms with Gasteiger partial charge in [-0.3, -0.25) is 4.79 Å². The maximum Gasteiger partial charge on any atom is 0.267 e. The Hall–Kier alpha value is -1.40. The summed E-state index contributed by atoms with van der Waals surface area (Å²) in [5.74, 6) is 0.449. The van der Waals surface area contributed by atoms with Crippen LogP contribution in [0.4, 0.5) is 0 Å². The average Bonchev–Trinajstić information content (AvgIpc) is 2.39. The summed E-state index contributed by atoms with van der Waals surface area (Å²) in [6.07, 6.45) is 1.23. The molecule has 19 heavy (non-hydrogen) atoms. The van der Waals surface area contributed by atoms with Gasteiger partial charge in [-0.1, -0.05) is 0 Å². The fourth-order valence-electron chi connectivity index (χ4n) is 1.53. The van der Waals surface area contributed by atoms with Gasteiger partial charge in [-0.2, -0.15) is 0 Å². The molecule has 0 aliphatic carbocycles. The van der Waals surface area contributed by atoms with Crippen molar-refractivity contribution in [3.05, 3.63) is 22.5 Å². The van der Waals surface area contributed by atoms with Crippen LogP contribution < -0.4 is 15.6 Å². The van der Waals surface area contributed by atoms with Crippen LogP contribution in [0.1, 0.15) is 20.3 Å². The number of hydrogen-bond donors (Lipinski definition) is 1. The average molecular weight is 269 g/mol. The van der Waals surface area contributed by atoms with Gasteiger partial charge in [0, 0.05) is 25.3 Å². The molecular formula is C13H23N3O3. The van der Waals surface area contributed by atoms with Gasteiger partial charge in [-0.05, 0) is 26.8 Å². The van der Waals surface area contributed by atoms with Gasteiger partial charge >= 0.3 is 0 Å². The predicted octanol–water partition coefficient (Wildman–Crippen LogP) is 0.657. The van der Waals surface area contributed by atoms with Crippen molar-refractivity contribution in [2.75, 3.05) is 26.8 Å². The number of hydrogen-bond acceptors (Lipinski definition) is 5. The monoisotopic (exact) mass is 269 g/mol. The zero-order chi connectivity index (χ0) is 14.1. The molecular weight excluding hydrogens is 246 g/mol. The van der Waals surface area contributed by atoms with E-state index >= 15 is 0 Å². The lowest BCUT2D eigenvalue weighted by Gasteiger charge is -2.09. The van der Waals surface area contributed by atoms with Crippen LogP contribution in [0, 0.1) is 0 Å². The third kappa shape index (κ3) is 6.35. The van der Waals surface area contributed by atoms with Gasteiger partial charge in [0.05, 0.1) is 19.8 Å². The molecule has 1 aromatic rings. The zero-order valence-electron chi connectivity index (χ0n) is 11.9. The van der Waals surface area contributed by atoms with E-state index in [0.29, 0.717) is 19.0 Å². The number of rotatable bonds is 9. The Bertz CT molecular complexity index is 418. The minimum atomic E-state index is -0.120. The molecule has 6 heteroatoms. The van der Waals surface area contributed by atoms with Crippen molar-refractivity contribution >= 4 is 0 Å². The molecule has 0 radical (unpaired) electrons. The van der Waals surface area contributed by atoms with Gasteiger partial charge < -0.3 is 14.8 Å². The quantitative estimate of drug-likeness (QED) is 0.667. The van der Waals surface area contributed by atoms with Gasteiger partial charge in [0.15, 0.2) is 0 Å². The van der Waals surface area contributed by atoms with Crippen LogP contribution in [0.5, 0.6) is 5.88 Å². The van der Waals surface area contributed by atoms with Crippen molar-refractivity contribution in [1.29, 1.82) is 0 Å². The van der Waals surface area contributed by atoms with Crippen molar-refractivity contribution in [2.45, 2.75) is 32.9 Å². The predicted molar refractivity (Wildman–Crippen MR) is 73.6 cm³/mol. The summed E-state index contributed by atoms with van der Waals surface area (Å²) in [4.78, 5) is 11.5. The van der Waals surface area contributed by atoms with Gasteiger partial charge in [0.25, 0.3) is 5.56 Å². The second-order valence-electron chi connectivity index (χ2n) is 4.46. The summed E-state index contributed by atoms with van der Waals surface area (Å²) in [5.41, 5.74) is -0.120. The third-order valence-corrected chi connectivity index (χ3v) is 2.50. The lowest BCUT2D eigenvalue weighted by atomic mass is 10.4. The zero-order valence-corrected chi connectivity index (χ0v) is 11.9. The molecule has 0 fully saturated rings. The van der Waals surface area contributed by atoms with Crippen molar-refractivity contribution < 1.29 is 9.47 Å². The molecule has 1 N–H and O–H groups in total. The van der Waals surface area contributed by atoms with Crippen LogP contribution in [-0.2, 0) is 11.3 Å². The SMILES string of the molecule is COc1ccc(=O)n(CCNCCCOC(C)C)n1. The van der Waals surface area contributed by atoms with Crippen molar-refractivity contribution in [2.24, 2.45) is 0 Å². The largest absolute Gasteiger partial charge is 0.480 e. The standard InChI is InChI=1S/C13H23N3O3/c1-11(2)19-10-4-7-14-8-9-16-13(17)6-5-12(15-16)18-3/h5-6,11,14H,4,7-10H2,1-3H3. The van der Waals surface area contributed by atoms with E-state index in [1.54, 1.807) is 6.07 Å². The maximum atomic E-state index is 11.5. The summed E-state index contributed by atoms with van der Waals surface area (Å²) >= 11 is 0. The van der Waals surface area contributed by atoms with Crippen LogP contribution in [-0.4, -0.2) is 42.7 Å². The Morgan fingerprint density at radius 2 is 2.16 bits per heavy atom. The highest BCUT2D eigenvalue weighted by molar-refractivity contribution is 5.05. The van der Waals surface area contributed by atoms with E-state index in [0.717, 1.165) is 19.6 Å². The molecule has 1 heterocycles. The van der Waals surface area contributed by atoms with E-state index in [1.165, 1.54) is 17.9 Å². The minimum absolute atomic E-state index is 0.120. The fourth-order valence-corrected chi connectivity index (χ4v) is 1.53. The first-order valence-electron chi connectivity index (χ1n) is 6.58. The fraction of sp³-hybridized carbons (Fsp3) is 0.692. The Kier molecular flexibility index (Phi) is 7.14. The lowest BCUT2D eigenvalue weighted by Crippen LogP contribution is -2.29. The van der Waals surface area contributed by atoms with Gasteiger partial charge in [0.1, 0.15) is 0 Å². The second kappa shape index (κ2) is 8.66. The molecule has 6 nitrogen and oxygen atoms in total. The number of nitrogens with zero attached hydrogens (tertiary/aromatic N) is 2. The smallest absolute Gasteiger partial charge is 0.267 e. The molecule has 0 aliphatic heterocycles. The minimum Gasteiger partial charge on any atom is -0.480 e. The molecule has 0 unspecified atom stereocenters. The van der Waals surface area contributed by atoms with Crippen molar-refractivity contribution in [1.82, 2.24) is 15.1 Å². The summed E-state index contributed by atoms with van der Waals surface area (Å²) in [6, 6.07) is 3.03. The lowest BCUT2D eigenvalue weighted by molar-refractivity contribution is 0.0771. The summed E-state index contributed by atoms with van der Waals surface area (Å²) in [5, 5.41) is 7.32. The summed E-state index contributed by atoms with van der Waals surface area (Å²) < 4.78 is 11.8. The van der Waals surface area contributed by atoms with Crippen LogP contribution in [0.15, 0.2) is 16.9 Å². The van der Waals surface area contributed by atoms with Crippen molar-refractivity contribution in [3.63, 3.8) is 0 Å². The van der Waals surface area contributed by atoms with E-state index in [9.17, 15) is 4.79 Å². The highest BCUT2D eigenvalue weighted by atomic mass is 16.5. The molecule has 0 saturated heterocycles. The van der Waals surface area contributed by atoms with Crippen LogP contribution in [0.3, 0.4) is 0 Å². The molecule has 0 aliphatic rings. The van der Waals surface area contributed by atoms with Crippen LogP contribution in [0.2, 0.25) is 0 Å². The molecule has 0 amide bonds. The molecule has 1 rings (SSSR count). The molecule has 1 aromatic heterocycles. The van der Waals surface area contributed by atoms with E-state index in [2.05, 4.69) is 10.4 Å². The molecule has 0 aromatic carbocycles. The molecule has 0 saturated carbocycles. The van der Waals surface area contributed by atoms with Crippen molar-refractivity contribution in [3.8, 4) is 5.88 Å². The van der Waals surface area contributed by atoms with Crippen LogP contribution in [0.25, 0.3) is 0 Å². The summed E-state index contributed by atoms with van der Waals surface area (Å²) in [7, 11) is 1.53. The normalized spacial score (nSPS) is 10.9. The second-order valence-corrected chi connectivity index (χ2v) is 4.46. The first-order valence-corrected chi connectivity index (χ1v) is 6.58. The van der Waals surface area contributed by atoms with Gasteiger partial charge in [-0.25, -0.2) is 4.68 Å². The highest BCUT2D eigenvalue weighted by Crippen LogP contribution is 1.98. The topological polar surface area (TPSA) is 65.4 Å². The Morgan fingerprint density at radius 3 is 2.84 bits per heavy atom. The molecule has 108 valence electrons. The summed E-state index contributed by atoms with van der Waals surface area (Å²) in [6.45, 7) is 6.89. The Balaban J connectivity index is 2.20. The molecule has 0 spiro atoms. The van der Waals surface area contributed by atoms with Gasteiger partial charge in [0.2, 0.25) is 5.88 Å². The van der Waals surface area contributed by atoms with Crippen LogP contribution >= 0.6 is 0 Å². The first kappa shape index (κ1) is 15.7. The molecule has 0 bridgehead atoms. The van der Waals surface area contributed by atoms with E-state index in [-0.39, 0.29) is 11.7 Å². The number of aromatic nitrogens is 2. The maximum absolute atomic E-state index is 11.5. The van der Waals surface area contributed by atoms with Gasteiger partial charge in [-0.15, -0.1) is 5.10 Å². The molecule has 0 atom stereocenters. The third-order valence-electron chi connectivity index (χ3n) is 2.50. The number of nitrogens with one attached hydrogen (secondary N) is 1. The number of methoxy groups -OCH3 is 1.